The van der Waals surface area contributed by atoms with Crippen molar-refractivity contribution in [1.82, 2.24) is 15.1 Å². The number of halogens is 3. The molecule has 1 heterocycles. The minimum Gasteiger partial charge on any atom is -0.406 e. The molecule has 3 N–H and O–H groups in total. The SMILES string of the molecule is Cc1nn(-c2ccccc2)c(C)c1CNC(N)=NCc1ccc(OC(F)(F)F)cc1. The molecule has 0 aliphatic heterocycles. The van der Waals surface area contributed by atoms with Gasteiger partial charge in [0, 0.05) is 17.8 Å². The lowest BCUT2D eigenvalue weighted by molar-refractivity contribution is -0.274. The van der Waals surface area contributed by atoms with Crippen LogP contribution in [0.2, 0.25) is 0 Å². The van der Waals surface area contributed by atoms with Crippen molar-refractivity contribution in [2.75, 3.05) is 0 Å². The van der Waals surface area contributed by atoms with Gasteiger partial charge in [0.2, 0.25) is 0 Å². The van der Waals surface area contributed by atoms with E-state index in [4.69, 9.17) is 5.73 Å². The maximum Gasteiger partial charge on any atom is 0.573 e. The van der Waals surface area contributed by atoms with Gasteiger partial charge in [0.05, 0.1) is 17.9 Å². The van der Waals surface area contributed by atoms with Crippen LogP contribution in [0.15, 0.2) is 59.6 Å². The third kappa shape index (κ3) is 5.53. The first kappa shape index (κ1) is 21.2. The molecule has 3 rings (SSSR count). The number of ether oxygens (including phenoxy) is 1. The summed E-state index contributed by atoms with van der Waals surface area (Å²) in [6.45, 7) is 4.61. The first-order valence-corrected chi connectivity index (χ1v) is 9.22. The van der Waals surface area contributed by atoms with Gasteiger partial charge in [-0.15, -0.1) is 13.2 Å². The summed E-state index contributed by atoms with van der Waals surface area (Å²) in [5.41, 5.74) is 10.5. The number of rotatable bonds is 6. The molecule has 0 unspecified atom stereocenters. The number of aromatic nitrogens is 2. The fourth-order valence-electron chi connectivity index (χ4n) is 2.96. The van der Waals surface area contributed by atoms with Gasteiger partial charge in [0.25, 0.3) is 0 Å². The molecule has 1 aromatic heterocycles. The Morgan fingerprint density at radius 2 is 1.77 bits per heavy atom. The van der Waals surface area contributed by atoms with E-state index in [0.717, 1.165) is 22.6 Å². The van der Waals surface area contributed by atoms with Crippen molar-refractivity contribution in [2.45, 2.75) is 33.3 Å². The molecular weight excluding hydrogens is 395 g/mol. The molecule has 0 amide bonds. The summed E-state index contributed by atoms with van der Waals surface area (Å²) in [6.07, 6.45) is -4.71. The number of hydrogen-bond donors (Lipinski definition) is 2. The quantitative estimate of drug-likeness (QED) is 0.470. The van der Waals surface area contributed by atoms with Crippen LogP contribution in [-0.2, 0) is 13.1 Å². The molecule has 0 bridgehead atoms. The van der Waals surface area contributed by atoms with Gasteiger partial charge in [-0.2, -0.15) is 5.10 Å². The van der Waals surface area contributed by atoms with Crippen LogP contribution in [0.5, 0.6) is 5.75 Å². The van der Waals surface area contributed by atoms with Crippen LogP contribution in [0.4, 0.5) is 13.2 Å². The molecule has 0 saturated carbocycles. The minimum absolute atomic E-state index is 0.229. The Morgan fingerprint density at radius 1 is 1.10 bits per heavy atom. The van der Waals surface area contributed by atoms with Crippen LogP contribution >= 0.6 is 0 Å². The molecule has 0 radical (unpaired) electrons. The van der Waals surface area contributed by atoms with Crippen molar-refractivity contribution >= 4 is 5.96 Å². The second-order valence-corrected chi connectivity index (χ2v) is 6.64. The number of para-hydroxylation sites is 1. The predicted molar refractivity (Wildman–Crippen MR) is 108 cm³/mol. The molecule has 0 atom stereocenters. The summed E-state index contributed by atoms with van der Waals surface area (Å²) in [6, 6.07) is 15.3. The second kappa shape index (κ2) is 8.89. The van der Waals surface area contributed by atoms with Gasteiger partial charge in [-0.3, -0.25) is 0 Å². The number of aryl methyl sites for hydroxylation is 1. The van der Waals surface area contributed by atoms with Gasteiger partial charge in [-0.05, 0) is 43.7 Å². The van der Waals surface area contributed by atoms with E-state index in [0.29, 0.717) is 12.1 Å². The topological polar surface area (TPSA) is 77.5 Å². The van der Waals surface area contributed by atoms with Crippen molar-refractivity contribution in [1.29, 1.82) is 0 Å². The van der Waals surface area contributed by atoms with Gasteiger partial charge in [-0.1, -0.05) is 30.3 Å². The molecule has 2 aromatic carbocycles. The van der Waals surface area contributed by atoms with Crippen LogP contribution in [-0.4, -0.2) is 22.1 Å². The molecule has 6 nitrogen and oxygen atoms in total. The number of aliphatic imine (C=N–C) groups is 1. The Kier molecular flexibility index (Phi) is 6.29. The van der Waals surface area contributed by atoms with E-state index in [-0.39, 0.29) is 18.3 Å². The third-order valence-corrected chi connectivity index (χ3v) is 4.48. The van der Waals surface area contributed by atoms with Gasteiger partial charge in [0.15, 0.2) is 5.96 Å². The largest absolute Gasteiger partial charge is 0.573 e. The van der Waals surface area contributed by atoms with Crippen LogP contribution in [0.1, 0.15) is 22.5 Å². The minimum atomic E-state index is -4.71. The predicted octanol–water partition coefficient (Wildman–Crippen LogP) is 3.99. The van der Waals surface area contributed by atoms with Crippen molar-refractivity contribution in [2.24, 2.45) is 10.7 Å². The zero-order valence-corrected chi connectivity index (χ0v) is 16.6. The number of nitrogens with zero attached hydrogens (tertiary/aromatic N) is 3. The average Bonchev–Trinajstić information content (AvgIpc) is 2.99. The molecule has 158 valence electrons. The second-order valence-electron chi connectivity index (χ2n) is 6.64. The summed E-state index contributed by atoms with van der Waals surface area (Å²) >= 11 is 0. The fourth-order valence-corrected chi connectivity index (χ4v) is 2.96. The highest BCUT2D eigenvalue weighted by atomic mass is 19.4. The molecule has 9 heteroatoms. The molecule has 3 aromatic rings. The smallest absolute Gasteiger partial charge is 0.406 e. The van der Waals surface area contributed by atoms with Crippen LogP contribution < -0.4 is 15.8 Å². The fraction of sp³-hybridized carbons (Fsp3) is 0.238. The Bertz CT molecular complexity index is 1010. The molecule has 0 aliphatic carbocycles. The van der Waals surface area contributed by atoms with Crippen LogP contribution in [0.3, 0.4) is 0 Å². The Morgan fingerprint density at radius 3 is 2.40 bits per heavy atom. The number of guanidine groups is 1. The molecule has 0 fully saturated rings. The van der Waals surface area contributed by atoms with Crippen molar-refractivity contribution in [3.8, 4) is 11.4 Å². The highest BCUT2D eigenvalue weighted by molar-refractivity contribution is 5.77. The summed E-state index contributed by atoms with van der Waals surface area (Å²) in [5.74, 6) is -0.0421. The zero-order chi connectivity index (χ0) is 21.7. The first-order valence-electron chi connectivity index (χ1n) is 9.22. The van der Waals surface area contributed by atoms with Gasteiger partial charge < -0.3 is 15.8 Å². The number of alkyl halides is 3. The average molecular weight is 417 g/mol. The maximum absolute atomic E-state index is 12.2. The van der Waals surface area contributed by atoms with Gasteiger partial charge in [0.1, 0.15) is 5.75 Å². The van der Waals surface area contributed by atoms with Gasteiger partial charge in [-0.25, -0.2) is 9.67 Å². The van der Waals surface area contributed by atoms with E-state index >= 15 is 0 Å². The van der Waals surface area contributed by atoms with E-state index < -0.39 is 6.36 Å². The van der Waals surface area contributed by atoms with Crippen LogP contribution in [0.25, 0.3) is 5.69 Å². The van der Waals surface area contributed by atoms with Gasteiger partial charge >= 0.3 is 6.36 Å². The van der Waals surface area contributed by atoms with E-state index in [1.165, 1.54) is 24.3 Å². The summed E-state index contributed by atoms with van der Waals surface area (Å²) in [5, 5.41) is 7.65. The van der Waals surface area contributed by atoms with Crippen molar-refractivity contribution in [3.63, 3.8) is 0 Å². The molecule has 0 spiro atoms. The summed E-state index contributed by atoms with van der Waals surface area (Å²) in [7, 11) is 0. The lowest BCUT2D eigenvalue weighted by Crippen LogP contribution is -2.31. The zero-order valence-electron chi connectivity index (χ0n) is 16.6. The molecular formula is C21H22F3N5O. The van der Waals surface area contributed by atoms with Crippen LogP contribution in [0, 0.1) is 13.8 Å². The Balaban J connectivity index is 1.60. The highest BCUT2D eigenvalue weighted by Gasteiger charge is 2.30. The number of nitrogens with one attached hydrogen (secondary N) is 1. The van der Waals surface area contributed by atoms with E-state index in [1.807, 2.05) is 48.9 Å². The number of hydrogen-bond acceptors (Lipinski definition) is 3. The van der Waals surface area contributed by atoms with E-state index in [1.54, 1.807) is 0 Å². The lowest BCUT2D eigenvalue weighted by Gasteiger charge is -2.09. The molecule has 30 heavy (non-hydrogen) atoms. The first-order chi connectivity index (χ1) is 14.2. The summed E-state index contributed by atoms with van der Waals surface area (Å²) in [4.78, 5) is 4.23. The normalized spacial score (nSPS) is 12.1. The Labute approximate surface area is 172 Å². The van der Waals surface area contributed by atoms with Crippen molar-refractivity contribution < 1.29 is 17.9 Å². The molecule has 0 saturated heterocycles. The molecule has 0 aliphatic rings. The standard InChI is InChI=1S/C21H22F3N5O/c1-14-19(15(2)29(28-14)17-6-4-3-5-7-17)13-27-20(25)26-12-16-8-10-18(11-9-16)30-21(22,23)24/h3-11H,12-13H2,1-2H3,(H3,25,26,27). The Hall–Kier alpha value is -3.49. The number of nitrogens with two attached hydrogens (primary N) is 1. The third-order valence-electron chi connectivity index (χ3n) is 4.48. The monoisotopic (exact) mass is 417 g/mol. The van der Waals surface area contributed by atoms with E-state index in [9.17, 15) is 13.2 Å². The maximum atomic E-state index is 12.2. The highest BCUT2D eigenvalue weighted by Crippen LogP contribution is 2.23. The van der Waals surface area contributed by atoms with E-state index in [2.05, 4.69) is 20.1 Å². The lowest BCUT2D eigenvalue weighted by atomic mass is 10.2. The number of benzene rings is 2. The van der Waals surface area contributed by atoms with Crippen molar-refractivity contribution in [3.05, 3.63) is 77.1 Å². The summed E-state index contributed by atoms with van der Waals surface area (Å²) < 4.78 is 42.3.